The van der Waals surface area contributed by atoms with Crippen LogP contribution in [-0.2, 0) is 9.53 Å². The fraction of sp³-hybridized carbons (Fsp3) is 0.923. The van der Waals surface area contributed by atoms with Gasteiger partial charge in [0.2, 0.25) is 0 Å². The highest BCUT2D eigenvalue weighted by molar-refractivity contribution is 5.75. The molecule has 0 heterocycles. The number of carbonyl (C=O) groups is 1. The van der Waals surface area contributed by atoms with Crippen LogP contribution in [0.1, 0.15) is 46.0 Å². The van der Waals surface area contributed by atoms with E-state index in [0.717, 1.165) is 25.7 Å². The van der Waals surface area contributed by atoms with Gasteiger partial charge in [-0.3, -0.25) is 9.69 Å². The second-order valence-electron chi connectivity index (χ2n) is 4.60. The molecular weight excluding hydrogens is 218 g/mol. The zero-order valence-electron chi connectivity index (χ0n) is 11.0. The minimum atomic E-state index is -0.169. The Morgan fingerprint density at radius 3 is 2.59 bits per heavy atom. The predicted molar refractivity (Wildman–Crippen MR) is 66.8 cm³/mol. The summed E-state index contributed by atoms with van der Waals surface area (Å²) < 4.78 is 5.14. The molecule has 0 aliphatic heterocycles. The van der Waals surface area contributed by atoms with Gasteiger partial charge in [-0.05, 0) is 26.2 Å². The number of esters is 1. The summed E-state index contributed by atoms with van der Waals surface area (Å²) in [7, 11) is 0. The Balaban J connectivity index is 2.64. The van der Waals surface area contributed by atoms with Gasteiger partial charge in [0, 0.05) is 12.6 Å². The highest BCUT2D eigenvalue weighted by Crippen LogP contribution is 2.27. The first kappa shape index (κ1) is 14.5. The maximum atomic E-state index is 11.9. The Hall–Kier alpha value is -0.610. The molecule has 17 heavy (non-hydrogen) atoms. The molecular formula is C13H25NO3. The number of carbonyl (C=O) groups excluding carboxylic acids is 1. The third-order valence-corrected chi connectivity index (χ3v) is 3.42. The Labute approximate surface area is 104 Å². The predicted octanol–water partition coefficient (Wildman–Crippen LogP) is 1.56. The Bertz CT molecular complexity index is 229. The van der Waals surface area contributed by atoms with Gasteiger partial charge in [0.05, 0.1) is 13.2 Å². The van der Waals surface area contributed by atoms with Crippen molar-refractivity contribution < 1.29 is 14.6 Å². The lowest BCUT2D eigenvalue weighted by Gasteiger charge is -2.41. The van der Waals surface area contributed by atoms with Gasteiger partial charge in [0.25, 0.3) is 0 Å². The van der Waals surface area contributed by atoms with Gasteiger partial charge in [-0.2, -0.15) is 0 Å². The summed E-state index contributed by atoms with van der Waals surface area (Å²) in [5.74, 6) is -0.130. The molecule has 1 aliphatic rings. The summed E-state index contributed by atoms with van der Waals surface area (Å²) in [6.07, 6.45) is 5.28. The molecule has 1 atom stereocenters. The van der Waals surface area contributed by atoms with Crippen molar-refractivity contribution in [3.05, 3.63) is 0 Å². The maximum absolute atomic E-state index is 11.9. The van der Waals surface area contributed by atoms with Crippen molar-refractivity contribution in [3.63, 3.8) is 0 Å². The van der Waals surface area contributed by atoms with Crippen LogP contribution >= 0.6 is 0 Å². The van der Waals surface area contributed by atoms with E-state index < -0.39 is 0 Å². The van der Waals surface area contributed by atoms with Crippen LogP contribution in [-0.4, -0.2) is 47.8 Å². The monoisotopic (exact) mass is 243 g/mol. The number of aliphatic hydroxyl groups excluding tert-OH is 1. The first-order chi connectivity index (χ1) is 8.24. The van der Waals surface area contributed by atoms with Crippen LogP contribution in [0.5, 0.6) is 0 Å². The fourth-order valence-electron chi connectivity index (χ4n) is 2.36. The second-order valence-corrected chi connectivity index (χ2v) is 4.60. The lowest BCUT2D eigenvalue weighted by Crippen LogP contribution is -2.51. The summed E-state index contributed by atoms with van der Waals surface area (Å²) in [4.78, 5) is 14.1. The smallest absolute Gasteiger partial charge is 0.323 e. The molecule has 0 amide bonds. The normalized spacial score (nSPS) is 17.9. The summed E-state index contributed by atoms with van der Waals surface area (Å²) in [6, 6.07) is 0.292. The standard InChI is InChI=1S/C13H25NO3/c1-3-6-12(13(16)17-4-2)14(9-10-15)11-7-5-8-11/h11-12,15H,3-10H2,1-2H3. The third-order valence-electron chi connectivity index (χ3n) is 3.42. The van der Waals surface area contributed by atoms with E-state index in [0.29, 0.717) is 19.2 Å². The molecule has 0 saturated heterocycles. The van der Waals surface area contributed by atoms with E-state index >= 15 is 0 Å². The molecule has 4 nitrogen and oxygen atoms in total. The SMILES string of the molecule is CCCC(C(=O)OCC)N(CCO)C1CCC1. The number of rotatable bonds is 8. The molecule has 4 heteroatoms. The van der Waals surface area contributed by atoms with E-state index in [2.05, 4.69) is 11.8 Å². The van der Waals surface area contributed by atoms with Crippen LogP contribution in [0.25, 0.3) is 0 Å². The number of nitrogens with zero attached hydrogens (tertiary/aromatic N) is 1. The van der Waals surface area contributed by atoms with Crippen molar-refractivity contribution in [2.24, 2.45) is 0 Å². The van der Waals surface area contributed by atoms with Gasteiger partial charge in [0.1, 0.15) is 6.04 Å². The van der Waals surface area contributed by atoms with Gasteiger partial charge in [-0.25, -0.2) is 0 Å². The second kappa shape index (κ2) is 7.67. The highest BCUT2D eigenvalue weighted by atomic mass is 16.5. The average molecular weight is 243 g/mol. The van der Waals surface area contributed by atoms with Crippen molar-refractivity contribution in [1.29, 1.82) is 0 Å². The maximum Gasteiger partial charge on any atom is 0.323 e. The van der Waals surface area contributed by atoms with E-state index in [4.69, 9.17) is 9.84 Å². The number of hydrogen-bond acceptors (Lipinski definition) is 4. The first-order valence-electron chi connectivity index (χ1n) is 6.77. The average Bonchev–Trinajstić information content (AvgIpc) is 2.23. The molecule has 0 bridgehead atoms. The molecule has 1 aliphatic carbocycles. The molecule has 1 rings (SSSR count). The quantitative estimate of drug-likeness (QED) is 0.657. The number of aliphatic hydroxyl groups is 1. The molecule has 0 aromatic rings. The molecule has 1 saturated carbocycles. The van der Waals surface area contributed by atoms with E-state index in [1.165, 1.54) is 6.42 Å². The zero-order chi connectivity index (χ0) is 12.7. The summed E-state index contributed by atoms with van der Waals surface area (Å²) in [5.41, 5.74) is 0. The Morgan fingerprint density at radius 2 is 2.18 bits per heavy atom. The van der Waals surface area contributed by atoms with Crippen LogP contribution < -0.4 is 0 Å². The van der Waals surface area contributed by atoms with E-state index in [1.54, 1.807) is 0 Å². The number of ether oxygens (including phenoxy) is 1. The molecule has 0 aromatic heterocycles. The van der Waals surface area contributed by atoms with Crippen LogP contribution in [0.3, 0.4) is 0 Å². The topological polar surface area (TPSA) is 49.8 Å². The minimum Gasteiger partial charge on any atom is -0.465 e. The molecule has 0 radical (unpaired) electrons. The molecule has 0 aromatic carbocycles. The van der Waals surface area contributed by atoms with Gasteiger partial charge < -0.3 is 9.84 Å². The summed E-state index contributed by atoms with van der Waals surface area (Å²) in [6.45, 7) is 5.02. The molecule has 100 valence electrons. The Kier molecular flexibility index (Phi) is 6.52. The molecule has 1 N–H and O–H groups in total. The molecule has 0 spiro atoms. The Morgan fingerprint density at radius 1 is 1.47 bits per heavy atom. The van der Waals surface area contributed by atoms with Gasteiger partial charge >= 0.3 is 5.97 Å². The van der Waals surface area contributed by atoms with E-state index in [1.807, 2.05) is 6.92 Å². The van der Waals surface area contributed by atoms with Crippen LogP contribution in [0.4, 0.5) is 0 Å². The van der Waals surface area contributed by atoms with Gasteiger partial charge in [0.15, 0.2) is 0 Å². The van der Waals surface area contributed by atoms with Crippen LogP contribution in [0.15, 0.2) is 0 Å². The highest BCUT2D eigenvalue weighted by Gasteiger charge is 2.34. The fourth-order valence-corrected chi connectivity index (χ4v) is 2.36. The van der Waals surface area contributed by atoms with E-state index in [9.17, 15) is 4.79 Å². The van der Waals surface area contributed by atoms with Crippen molar-refractivity contribution in [2.75, 3.05) is 19.8 Å². The van der Waals surface area contributed by atoms with Crippen molar-refractivity contribution >= 4 is 5.97 Å². The van der Waals surface area contributed by atoms with Crippen molar-refractivity contribution in [1.82, 2.24) is 4.90 Å². The minimum absolute atomic E-state index is 0.107. The van der Waals surface area contributed by atoms with Crippen molar-refractivity contribution in [2.45, 2.75) is 58.0 Å². The zero-order valence-corrected chi connectivity index (χ0v) is 11.0. The van der Waals surface area contributed by atoms with Gasteiger partial charge in [-0.1, -0.05) is 19.8 Å². The number of hydrogen-bond donors (Lipinski definition) is 1. The first-order valence-corrected chi connectivity index (χ1v) is 6.77. The van der Waals surface area contributed by atoms with E-state index in [-0.39, 0.29) is 18.6 Å². The van der Waals surface area contributed by atoms with Crippen molar-refractivity contribution in [3.8, 4) is 0 Å². The van der Waals surface area contributed by atoms with Crippen LogP contribution in [0, 0.1) is 0 Å². The summed E-state index contributed by atoms with van der Waals surface area (Å²) >= 11 is 0. The molecule has 1 fully saturated rings. The van der Waals surface area contributed by atoms with Gasteiger partial charge in [-0.15, -0.1) is 0 Å². The lowest BCUT2D eigenvalue weighted by molar-refractivity contribution is -0.152. The molecule has 1 unspecified atom stereocenters. The lowest BCUT2D eigenvalue weighted by atomic mass is 9.89. The van der Waals surface area contributed by atoms with Crippen LogP contribution in [0.2, 0.25) is 0 Å². The largest absolute Gasteiger partial charge is 0.465 e. The third kappa shape index (κ3) is 3.96. The summed E-state index contributed by atoms with van der Waals surface area (Å²) in [5, 5.41) is 9.14.